The molecule has 0 heterocycles. The Balaban J connectivity index is 1.80. The average Bonchev–Trinajstić information content (AvgIpc) is 2.47. The van der Waals surface area contributed by atoms with Crippen molar-refractivity contribution >= 4 is 0 Å². The average molecular weight is 273 g/mol. The van der Waals surface area contributed by atoms with E-state index in [-0.39, 0.29) is 11.9 Å². The number of aliphatic hydroxyl groups excluding tert-OH is 1. The maximum absolute atomic E-state index is 12.8. The van der Waals surface area contributed by atoms with Crippen LogP contribution in [-0.2, 0) is 6.54 Å². The van der Waals surface area contributed by atoms with Crippen LogP contribution < -0.4 is 5.32 Å². The molecule has 0 aliphatic rings. The number of rotatable bonds is 6. The zero-order valence-corrected chi connectivity index (χ0v) is 11.6. The molecule has 0 aliphatic carbocycles. The van der Waals surface area contributed by atoms with Crippen LogP contribution in [-0.4, -0.2) is 11.1 Å². The molecule has 2 nitrogen and oxygen atoms in total. The Morgan fingerprint density at radius 2 is 1.70 bits per heavy atom. The molecule has 0 aliphatic heterocycles. The topological polar surface area (TPSA) is 32.3 Å². The van der Waals surface area contributed by atoms with E-state index in [9.17, 15) is 9.50 Å². The second kappa shape index (κ2) is 7.17. The summed E-state index contributed by atoms with van der Waals surface area (Å²) in [6.07, 6.45) is 0.178. The van der Waals surface area contributed by atoms with Crippen LogP contribution in [0.2, 0.25) is 0 Å². The molecule has 0 amide bonds. The first kappa shape index (κ1) is 14.7. The van der Waals surface area contributed by atoms with Crippen molar-refractivity contribution in [1.82, 2.24) is 5.32 Å². The number of aliphatic hydroxyl groups is 1. The van der Waals surface area contributed by atoms with Gasteiger partial charge >= 0.3 is 0 Å². The molecular weight excluding hydrogens is 253 g/mol. The normalized spacial score (nSPS) is 13.9. The highest BCUT2D eigenvalue weighted by atomic mass is 19.1. The molecule has 20 heavy (non-hydrogen) atoms. The fraction of sp³-hybridized carbons (Fsp3) is 0.294. The largest absolute Gasteiger partial charge is 0.388 e. The first-order valence-electron chi connectivity index (χ1n) is 6.86. The molecule has 2 unspecified atom stereocenters. The van der Waals surface area contributed by atoms with E-state index in [0.29, 0.717) is 13.0 Å². The molecule has 2 aromatic rings. The Morgan fingerprint density at radius 3 is 2.35 bits per heavy atom. The summed E-state index contributed by atoms with van der Waals surface area (Å²) >= 11 is 0. The summed E-state index contributed by atoms with van der Waals surface area (Å²) in [6.45, 7) is 2.71. The molecule has 0 spiro atoms. The first-order valence-corrected chi connectivity index (χ1v) is 6.86. The lowest BCUT2D eigenvalue weighted by Crippen LogP contribution is -2.27. The molecule has 3 heteroatoms. The molecule has 2 rings (SSSR count). The van der Waals surface area contributed by atoms with Gasteiger partial charge in [0, 0.05) is 12.6 Å². The Bertz CT molecular complexity index is 512. The van der Waals surface area contributed by atoms with Gasteiger partial charge in [-0.3, -0.25) is 0 Å². The van der Waals surface area contributed by atoms with Gasteiger partial charge in [-0.15, -0.1) is 0 Å². The second-order valence-corrected chi connectivity index (χ2v) is 5.07. The summed E-state index contributed by atoms with van der Waals surface area (Å²) in [5.74, 6) is -0.221. The molecule has 2 N–H and O–H groups in total. The standard InChI is InChI=1S/C17H20FNO/c1-13(11-17(20)15-5-3-2-4-6-15)19-12-14-7-9-16(18)10-8-14/h2-10,13,17,19-20H,11-12H2,1H3. The van der Waals surface area contributed by atoms with Crippen LogP contribution in [0.15, 0.2) is 54.6 Å². The Hall–Kier alpha value is -1.71. The lowest BCUT2D eigenvalue weighted by atomic mass is 10.0. The van der Waals surface area contributed by atoms with Crippen LogP contribution in [0.4, 0.5) is 4.39 Å². The monoisotopic (exact) mass is 273 g/mol. The van der Waals surface area contributed by atoms with Crippen LogP contribution in [0.3, 0.4) is 0 Å². The zero-order chi connectivity index (χ0) is 14.4. The van der Waals surface area contributed by atoms with Crippen molar-refractivity contribution in [1.29, 1.82) is 0 Å². The van der Waals surface area contributed by atoms with Crippen molar-refractivity contribution in [3.8, 4) is 0 Å². The number of nitrogens with one attached hydrogen (secondary N) is 1. The lowest BCUT2D eigenvalue weighted by Gasteiger charge is -2.18. The molecule has 0 fully saturated rings. The van der Waals surface area contributed by atoms with Crippen molar-refractivity contribution < 1.29 is 9.50 Å². The van der Waals surface area contributed by atoms with E-state index < -0.39 is 6.10 Å². The lowest BCUT2D eigenvalue weighted by molar-refractivity contribution is 0.154. The van der Waals surface area contributed by atoms with E-state index in [4.69, 9.17) is 0 Å². The van der Waals surface area contributed by atoms with Gasteiger partial charge in [-0.1, -0.05) is 42.5 Å². The molecule has 106 valence electrons. The molecule has 0 bridgehead atoms. The van der Waals surface area contributed by atoms with Crippen LogP contribution in [0.1, 0.15) is 30.6 Å². The van der Waals surface area contributed by atoms with Gasteiger partial charge in [-0.25, -0.2) is 4.39 Å². The molecule has 0 saturated carbocycles. The summed E-state index contributed by atoms with van der Waals surface area (Å²) in [6, 6.07) is 16.3. The molecule has 0 saturated heterocycles. The third kappa shape index (κ3) is 4.44. The van der Waals surface area contributed by atoms with Crippen molar-refractivity contribution in [3.63, 3.8) is 0 Å². The quantitative estimate of drug-likeness (QED) is 0.845. The van der Waals surface area contributed by atoms with E-state index in [1.54, 1.807) is 12.1 Å². The Morgan fingerprint density at radius 1 is 1.05 bits per heavy atom. The van der Waals surface area contributed by atoms with E-state index >= 15 is 0 Å². The number of hydrogen-bond donors (Lipinski definition) is 2. The summed E-state index contributed by atoms with van der Waals surface area (Å²) in [4.78, 5) is 0. The fourth-order valence-corrected chi connectivity index (χ4v) is 2.12. The van der Waals surface area contributed by atoms with Gasteiger partial charge in [0.05, 0.1) is 6.10 Å². The van der Waals surface area contributed by atoms with Crippen molar-refractivity contribution in [2.24, 2.45) is 0 Å². The highest BCUT2D eigenvalue weighted by molar-refractivity contribution is 5.18. The van der Waals surface area contributed by atoms with Crippen LogP contribution in [0, 0.1) is 5.82 Å². The number of benzene rings is 2. The third-order valence-corrected chi connectivity index (χ3v) is 3.33. The smallest absolute Gasteiger partial charge is 0.123 e. The van der Waals surface area contributed by atoms with E-state index in [0.717, 1.165) is 11.1 Å². The third-order valence-electron chi connectivity index (χ3n) is 3.33. The van der Waals surface area contributed by atoms with Crippen LogP contribution in [0.5, 0.6) is 0 Å². The minimum atomic E-state index is -0.466. The maximum Gasteiger partial charge on any atom is 0.123 e. The maximum atomic E-state index is 12.8. The van der Waals surface area contributed by atoms with Crippen molar-refractivity contribution in [2.75, 3.05) is 0 Å². The number of hydrogen-bond acceptors (Lipinski definition) is 2. The minimum Gasteiger partial charge on any atom is -0.388 e. The summed E-state index contributed by atoms with van der Waals surface area (Å²) in [7, 11) is 0. The molecule has 0 radical (unpaired) electrons. The van der Waals surface area contributed by atoms with Crippen LogP contribution >= 0.6 is 0 Å². The van der Waals surface area contributed by atoms with Gasteiger partial charge in [0.2, 0.25) is 0 Å². The van der Waals surface area contributed by atoms with Gasteiger partial charge in [0.1, 0.15) is 5.82 Å². The van der Waals surface area contributed by atoms with Crippen LogP contribution in [0.25, 0.3) is 0 Å². The predicted octanol–water partition coefficient (Wildman–Crippen LogP) is 3.43. The summed E-state index contributed by atoms with van der Waals surface area (Å²) < 4.78 is 12.8. The van der Waals surface area contributed by atoms with Gasteiger partial charge in [0.15, 0.2) is 0 Å². The highest BCUT2D eigenvalue weighted by Gasteiger charge is 2.11. The summed E-state index contributed by atoms with van der Waals surface area (Å²) in [5.41, 5.74) is 1.97. The van der Waals surface area contributed by atoms with Gasteiger partial charge in [-0.2, -0.15) is 0 Å². The molecular formula is C17H20FNO. The van der Waals surface area contributed by atoms with Crippen molar-refractivity contribution in [3.05, 3.63) is 71.5 Å². The van der Waals surface area contributed by atoms with Gasteiger partial charge in [-0.05, 0) is 36.6 Å². The SMILES string of the molecule is CC(CC(O)c1ccccc1)NCc1ccc(F)cc1. The molecule has 0 aromatic heterocycles. The summed E-state index contributed by atoms with van der Waals surface area (Å²) in [5, 5.41) is 13.5. The zero-order valence-electron chi connectivity index (χ0n) is 11.6. The fourth-order valence-electron chi connectivity index (χ4n) is 2.12. The highest BCUT2D eigenvalue weighted by Crippen LogP contribution is 2.17. The Kier molecular flexibility index (Phi) is 5.27. The van der Waals surface area contributed by atoms with E-state index in [1.807, 2.05) is 37.3 Å². The molecule has 2 aromatic carbocycles. The minimum absolute atomic E-state index is 0.176. The first-order chi connectivity index (χ1) is 9.65. The predicted molar refractivity (Wildman–Crippen MR) is 78.7 cm³/mol. The van der Waals surface area contributed by atoms with E-state index in [2.05, 4.69) is 5.32 Å². The second-order valence-electron chi connectivity index (χ2n) is 5.07. The Labute approximate surface area is 119 Å². The molecule has 2 atom stereocenters. The van der Waals surface area contributed by atoms with Gasteiger partial charge < -0.3 is 10.4 Å². The van der Waals surface area contributed by atoms with Gasteiger partial charge in [0.25, 0.3) is 0 Å². The van der Waals surface area contributed by atoms with E-state index in [1.165, 1.54) is 12.1 Å². The van der Waals surface area contributed by atoms with Crippen molar-refractivity contribution in [2.45, 2.75) is 32.0 Å². The number of halogens is 1.